The number of nitrogens with one attached hydrogen (secondary N) is 2. The molecule has 2 rings (SSSR count). The van der Waals surface area contributed by atoms with Gasteiger partial charge in [0.15, 0.2) is 0 Å². The molecule has 0 radical (unpaired) electrons. The van der Waals surface area contributed by atoms with E-state index >= 15 is 0 Å². The van der Waals surface area contributed by atoms with Crippen LogP contribution in [0.4, 0.5) is 20.6 Å². The fourth-order valence-corrected chi connectivity index (χ4v) is 1.97. The minimum atomic E-state index is -0.560. The molecule has 0 fully saturated rings. The maximum absolute atomic E-state index is 13.0. The second-order valence-corrected chi connectivity index (χ2v) is 5.08. The Hall–Kier alpha value is -1.49. The quantitative estimate of drug-likeness (QED) is 0.756. The van der Waals surface area contributed by atoms with Gasteiger partial charge >= 0.3 is 6.03 Å². The first kappa shape index (κ1) is 14.9. The van der Waals surface area contributed by atoms with Crippen LogP contribution in [-0.4, -0.2) is 6.03 Å². The summed E-state index contributed by atoms with van der Waals surface area (Å²) in [7, 11) is 0. The van der Waals surface area contributed by atoms with Crippen molar-refractivity contribution in [1.82, 2.24) is 0 Å². The van der Waals surface area contributed by atoms with E-state index in [4.69, 9.17) is 34.8 Å². The summed E-state index contributed by atoms with van der Waals surface area (Å²) in [4.78, 5) is 11.8. The Morgan fingerprint density at radius 1 is 0.950 bits per heavy atom. The molecule has 0 bridgehead atoms. The number of hydrogen-bond acceptors (Lipinski definition) is 1. The molecule has 2 aromatic carbocycles. The van der Waals surface area contributed by atoms with Gasteiger partial charge in [-0.25, -0.2) is 9.18 Å². The molecule has 0 atom stereocenters. The van der Waals surface area contributed by atoms with E-state index in [9.17, 15) is 9.18 Å². The van der Waals surface area contributed by atoms with Crippen molar-refractivity contribution < 1.29 is 9.18 Å². The maximum Gasteiger partial charge on any atom is 0.323 e. The molecule has 20 heavy (non-hydrogen) atoms. The normalized spacial score (nSPS) is 10.2. The number of urea groups is 1. The minimum absolute atomic E-state index is 0.0800. The highest BCUT2D eigenvalue weighted by Crippen LogP contribution is 2.26. The van der Waals surface area contributed by atoms with E-state index < -0.39 is 11.8 Å². The molecule has 2 aromatic rings. The summed E-state index contributed by atoms with van der Waals surface area (Å²) in [6.07, 6.45) is 0. The van der Waals surface area contributed by atoms with Crippen molar-refractivity contribution in [3.05, 3.63) is 57.3 Å². The molecule has 2 N–H and O–H groups in total. The van der Waals surface area contributed by atoms with E-state index in [1.807, 2.05) is 0 Å². The summed E-state index contributed by atoms with van der Waals surface area (Å²) in [5.41, 5.74) is 0.719. The van der Waals surface area contributed by atoms with Crippen molar-refractivity contribution in [2.75, 3.05) is 10.6 Å². The molecule has 104 valence electrons. The molecule has 0 unspecified atom stereocenters. The number of anilines is 2. The van der Waals surface area contributed by atoms with Gasteiger partial charge in [-0.05, 0) is 36.4 Å². The van der Waals surface area contributed by atoms with Crippen molar-refractivity contribution in [2.24, 2.45) is 0 Å². The fraction of sp³-hybridized carbons (Fsp3) is 0. The summed E-state index contributed by atoms with van der Waals surface area (Å²) in [5, 5.41) is 5.74. The van der Waals surface area contributed by atoms with Crippen molar-refractivity contribution in [3.63, 3.8) is 0 Å². The number of carbonyl (C=O) groups is 1. The maximum atomic E-state index is 13.0. The lowest BCUT2D eigenvalue weighted by Gasteiger charge is -2.09. The van der Waals surface area contributed by atoms with Crippen LogP contribution in [0.25, 0.3) is 0 Å². The standard InChI is InChI=1S/C13H8Cl3FN2O/c14-7-1-3-9(15)12(5-7)19-13(20)18-8-2-4-11(17)10(16)6-8/h1-6H,(H2,18,19,20). The molecular formula is C13H8Cl3FN2O. The predicted octanol–water partition coefficient (Wildman–Crippen LogP) is 5.43. The first-order valence-electron chi connectivity index (χ1n) is 5.44. The van der Waals surface area contributed by atoms with Crippen molar-refractivity contribution in [3.8, 4) is 0 Å². The Bertz CT molecular complexity index is 664. The van der Waals surface area contributed by atoms with Gasteiger partial charge in [-0.3, -0.25) is 0 Å². The van der Waals surface area contributed by atoms with Crippen LogP contribution in [0.1, 0.15) is 0 Å². The lowest BCUT2D eigenvalue weighted by molar-refractivity contribution is 0.262. The molecule has 0 saturated carbocycles. The first-order valence-corrected chi connectivity index (χ1v) is 6.57. The third-order valence-corrected chi connectivity index (χ3v) is 3.21. The topological polar surface area (TPSA) is 41.1 Å². The third kappa shape index (κ3) is 3.76. The van der Waals surface area contributed by atoms with Gasteiger partial charge in [0.2, 0.25) is 0 Å². The van der Waals surface area contributed by atoms with Crippen LogP contribution in [-0.2, 0) is 0 Å². The largest absolute Gasteiger partial charge is 0.323 e. The number of hydrogen-bond donors (Lipinski definition) is 2. The molecule has 0 saturated heterocycles. The monoisotopic (exact) mass is 332 g/mol. The zero-order valence-electron chi connectivity index (χ0n) is 9.88. The lowest BCUT2D eigenvalue weighted by Crippen LogP contribution is -2.19. The van der Waals surface area contributed by atoms with E-state index in [0.29, 0.717) is 21.4 Å². The Morgan fingerprint density at radius 3 is 2.40 bits per heavy atom. The Morgan fingerprint density at radius 2 is 1.70 bits per heavy atom. The molecule has 2 amide bonds. The average Bonchev–Trinajstić information content (AvgIpc) is 2.38. The molecule has 0 aromatic heterocycles. The van der Waals surface area contributed by atoms with E-state index in [0.717, 1.165) is 6.07 Å². The molecule has 0 aliphatic carbocycles. The van der Waals surface area contributed by atoms with E-state index in [1.165, 1.54) is 18.2 Å². The zero-order chi connectivity index (χ0) is 14.7. The number of benzene rings is 2. The molecule has 0 heterocycles. The van der Waals surface area contributed by atoms with E-state index in [-0.39, 0.29) is 5.02 Å². The van der Waals surface area contributed by atoms with Crippen LogP contribution in [0.3, 0.4) is 0 Å². The first-order chi connectivity index (χ1) is 9.45. The highest BCUT2D eigenvalue weighted by molar-refractivity contribution is 6.35. The van der Waals surface area contributed by atoms with Gasteiger partial charge in [0.05, 0.1) is 15.7 Å². The van der Waals surface area contributed by atoms with Crippen molar-refractivity contribution >= 4 is 52.2 Å². The number of amides is 2. The summed E-state index contributed by atoms with van der Waals surface area (Å²) >= 11 is 17.3. The van der Waals surface area contributed by atoms with Gasteiger partial charge in [-0.15, -0.1) is 0 Å². The summed E-state index contributed by atoms with van der Waals surface area (Å²) in [5.74, 6) is -0.560. The number of carbonyl (C=O) groups excluding carboxylic acids is 1. The van der Waals surface area contributed by atoms with Gasteiger partial charge in [0.25, 0.3) is 0 Å². The smallest absolute Gasteiger partial charge is 0.308 e. The zero-order valence-corrected chi connectivity index (χ0v) is 12.2. The van der Waals surface area contributed by atoms with Gasteiger partial charge in [0, 0.05) is 10.7 Å². The second kappa shape index (κ2) is 6.31. The molecule has 0 spiro atoms. The van der Waals surface area contributed by atoms with Crippen LogP contribution in [0.15, 0.2) is 36.4 Å². The molecular weight excluding hydrogens is 326 g/mol. The van der Waals surface area contributed by atoms with Crippen LogP contribution >= 0.6 is 34.8 Å². The average molecular weight is 334 g/mol. The molecule has 0 aliphatic rings. The fourth-order valence-electron chi connectivity index (χ4n) is 1.45. The van der Waals surface area contributed by atoms with Crippen LogP contribution in [0.2, 0.25) is 15.1 Å². The SMILES string of the molecule is O=C(Nc1ccc(F)c(Cl)c1)Nc1cc(Cl)ccc1Cl. The van der Waals surface area contributed by atoms with Gasteiger partial charge < -0.3 is 10.6 Å². The minimum Gasteiger partial charge on any atom is -0.308 e. The summed E-state index contributed by atoms with van der Waals surface area (Å²) < 4.78 is 13.0. The third-order valence-electron chi connectivity index (χ3n) is 2.35. The number of halogens is 4. The van der Waals surface area contributed by atoms with Crippen LogP contribution < -0.4 is 10.6 Å². The van der Waals surface area contributed by atoms with Crippen molar-refractivity contribution in [1.29, 1.82) is 0 Å². The summed E-state index contributed by atoms with van der Waals surface area (Å²) in [6.45, 7) is 0. The highest BCUT2D eigenvalue weighted by Gasteiger charge is 2.08. The van der Waals surface area contributed by atoms with Crippen LogP contribution in [0, 0.1) is 5.82 Å². The van der Waals surface area contributed by atoms with Gasteiger partial charge in [-0.1, -0.05) is 34.8 Å². The van der Waals surface area contributed by atoms with Crippen molar-refractivity contribution in [2.45, 2.75) is 0 Å². The Balaban J connectivity index is 2.09. The summed E-state index contributed by atoms with van der Waals surface area (Å²) in [6, 6.07) is 7.99. The van der Waals surface area contributed by atoms with Gasteiger partial charge in [0.1, 0.15) is 5.82 Å². The molecule has 3 nitrogen and oxygen atoms in total. The molecule has 0 aliphatic heterocycles. The number of rotatable bonds is 2. The van der Waals surface area contributed by atoms with Crippen LogP contribution in [0.5, 0.6) is 0 Å². The highest BCUT2D eigenvalue weighted by atomic mass is 35.5. The van der Waals surface area contributed by atoms with Gasteiger partial charge in [-0.2, -0.15) is 0 Å². The second-order valence-electron chi connectivity index (χ2n) is 3.83. The molecule has 7 heteroatoms. The Labute approximate surface area is 129 Å². The van der Waals surface area contributed by atoms with E-state index in [2.05, 4.69) is 10.6 Å². The van der Waals surface area contributed by atoms with E-state index in [1.54, 1.807) is 12.1 Å². The lowest BCUT2D eigenvalue weighted by atomic mass is 10.3. The predicted molar refractivity (Wildman–Crippen MR) is 80.5 cm³/mol. The Kier molecular flexibility index (Phi) is 4.70.